The van der Waals surface area contributed by atoms with Crippen molar-refractivity contribution in [3.8, 4) is 5.75 Å². The second-order valence-corrected chi connectivity index (χ2v) is 4.92. The zero-order valence-electron chi connectivity index (χ0n) is 10.1. The molecule has 0 aliphatic carbocycles. The zero-order chi connectivity index (χ0) is 13.4. The average Bonchev–Trinajstić information content (AvgIpc) is 2.38. The molecule has 0 amide bonds. The van der Waals surface area contributed by atoms with Crippen LogP contribution in [0.5, 0.6) is 5.75 Å². The van der Waals surface area contributed by atoms with Gasteiger partial charge in [0.25, 0.3) is 0 Å². The van der Waals surface area contributed by atoms with Gasteiger partial charge < -0.3 is 10.5 Å². The maximum absolute atomic E-state index is 12.1. The third-order valence-electron chi connectivity index (χ3n) is 3.20. The highest BCUT2D eigenvalue weighted by molar-refractivity contribution is 6.31. The number of nitrogen functional groups attached to an aromatic ring is 1. The number of carbonyl (C=O) groups excluding carboxylic acids is 1. The third kappa shape index (κ3) is 2.17. The van der Waals surface area contributed by atoms with E-state index in [-0.39, 0.29) is 11.9 Å². The monoisotopic (exact) mass is 273 g/mol. The first kappa shape index (κ1) is 12.1. The number of halogens is 1. The third-order valence-corrected chi connectivity index (χ3v) is 3.54. The van der Waals surface area contributed by atoms with Crippen LogP contribution < -0.4 is 10.5 Å². The molecule has 2 aromatic rings. The Balaban J connectivity index is 2.01. The maximum atomic E-state index is 12.1. The quantitative estimate of drug-likeness (QED) is 0.807. The van der Waals surface area contributed by atoms with Crippen LogP contribution >= 0.6 is 11.6 Å². The van der Waals surface area contributed by atoms with E-state index in [4.69, 9.17) is 22.1 Å². The molecule has 1 aliphatic heterocycles. The van der Waals surface area contributed by atoms with Gasteiger partial charge >= 0.3 is 0 Å². The number of anilines is 1. The van der Waals surface area contributed by atoms with Crippen molar-refractivity contribution in [1.82, 2.24) is 0 Å². The Morgan fingerprint density at radius 3 is 2.79 bits per heavy atom. The molecular weight excluding hydrogens is 262 g/mol. The number of fused-ring (bicyclic) bond motifs is 1. The molecule has 4 heteroatoms. The summed E-state index contributed by atoms with van der Waals surface area (Å²) in [6.45, 7) is 0. The van der Waals surface area contributed by atoms with Gasteiger partial charge in [0.05, 0.1) is 12.0 Å². The Morgan fingerprint density at radius 1 is 1.21 bits per heavy atom. The van der Waals surface area contributed by atoms with Crippen molar-refractivity contribution >= 4 is 23.1 Å². The van der Waals surface area contributed by atoms with E-state index in [0.717, 1.165) is 5.56 Å². The minimum Gasteiger partial charge on any atom is -0.484 e. The molecule has 3 nitrogen and oxygen atoms in total. The van der Waals surface area contributed by atoms with E-state index in [0.29, 0.717) is 28.4 Å². The molecule has 19 heavy (non-hydrogen) atoms. The van der Waals surface area contributed by atoms with Crippen molar-refractivity contribution in [3.05, 3.63) is 58.6 Å². The molecule has 1 aliphatic rings. The first-order valence-corrected chi connectivity index (χ1v) is 6.37. The molecule has 1 heterocycles. The van der Waals surface area contributed by atoms with Crippen LogP contribution in [0.2, 0.25) is 5.02 Å². The number of ether oxygens (including phenoxy) is 1. The molecule has 0 aromatic heterocycles. The number of Topliss-reactive ketones (excluding diaryl/α,β-unsaturated/α-hetero) is 1. The molecule has 1 unspecified atom stereocenters. The Labute approximate surface area is 115 Å². The van der Waals surface area contributed by atoms with Crippen LogP contribution in [-0.4, -0.2) is 5.78 Å². The van der Waals surface area contributed by atoms with Crippen molar-refractivity contribution in [1.29, 1.82) is 0 Å². The highest BCUT2D eigenvalue weighted by Crippen LogP contribution is 2.37. The summed E-state index contributed by atoms with van der Waals surface area (Å²) in [6, 6.07) is 12.5. The lowest BCUT2D eigenvalue weighted by Crippen LogP contribution is -2.20. The van der Waals surface area contributed by atoms with E-state index in [2.05, 4.69) is 0 Å². The largest absolute Gasteiger partial charge is 0.484 e. The minimum absolute atomic E-state index is 0.0474. The van der Waals surface area contributed by atoms with Crippen LogP contribution in [0.25, 0.3) is 0 Å². The SMILES string of the molecule is Nc1ccc2c(c1)OC(c1ccccc1Cl)CC2=O. The van der Waals surface area contributed by atoms with Gasteiger partial charge in [0.15, 0.2) is 5.78 Å². The number of benzene rings is 2. The van der Waals surface area contributed by atoms with Crippen molar-refractivity contribution in [2.24, 2.45) is 0 Å². The predicted octanol–water partition coefficient (Wildman–Crippen LogP) is 3.63. The van der Waals surface area contributed by atoms with E-state index < -0.39 is 0 Å². The van der Waals surface area contributed by atoms with Crippen LogP contribution in [0.3, 0.4) is 0 Å². The molecule has 96 valence electrons. The number of hydrogen-bond donors (Lipinski definition) is 1. The van der Waals surface area contributed by atoms with Gasteiger partial charge in [0.1, 0.15) is 11.9 Å². The molecule has 0 spiro atoms. The molecule has 1 atom stereocenters. The Morgan fingerprint density at radius 2 is 2.00 bits per heavy atom. The fourth-order valence-electron chi connectivity index (χ4n) is 2.25. The molecule has 3 rings (SSSR count). The van der Waals surface area contributed by atoms with Crippen LogP contribution in [0.1, 0.15) is 28.4 Å². The van der Waals surface area contributed by atoms with E-state index in [9.17, 15) is 4.79 Å². The topological polar surface area (TPSA) is 52.3 Å². The minimum atomic E-state index is -0.351. The van der Waals surface area contributed by atoms with Crippen molar-refractivity contribution in [2.45, 2.75) is 12.5 Å². The van der Waals surface area contributed by atoms with Gasteiger partial charge in [-0.25, -0.2) is 0 Å². The molecule has 2 N–H and O–H groups in total. The van der Waals surface area contributed by atoms with Crippen LogP contribution in [0, 0.1) is 0 Å². The molecule has 0 radical (unpaired) electrons. The van der Waals surface area contributed by atoms with Crippen molar-refractivity contribution in [3.63, 3.8) is 0 Å². The first-order valence-electron chi connectivity index (χ1n) is 5.99. The van der Waals surface area contributed by atoms with Crippen LogP contribution in [0.4, 0.5) is 5.69 Å². The van der Waals surface area contributed by atoms with E-state index in [1.807, 2.05) is 18.2 Å². The molecular formula is C15H12ClNO2. The summed E-state index contributed by atoms with van der Waals surface area (Å²) in [5.41, 5.74) is 7.70. The molecule has 0 fully saturated rings. The second kappa shape index (κ2) is 4.59. The number of rotatable bonds is 1. The maximum Gasteiger partial charge on any atom is 0.170 e. The van der Waals surface area contributed by atoms with E-state index in [1.54, 1.807) is 24.3 Å². The van der Waals surface area contributed by atoms with Crippen molar-refractivity contribution in [2.75, 3.05) is 5.73 Å². The number of nitrogens with two attached hydrogens (primary N) is 1. The summed E-state index contributed by atoms with van der Waals surface area (Å²) in [5, 5.41) is 0.604. The lowest BCUT2D eigenvalue weighted by Gasteiger charge is -2.26. The highest BCUT2D eigenvalue weighted by atomic mass is 35.5. The standard InChI is InChI=1S/C15H12ClNO2/c16-12-4-2-1-3-10(12)15-8-13(18)11-6-5-9(17)7-14(11)19-15/h1-7,15H,8,17H2. The number of ketones is 1. The second-order valence-electron chi connectivity index (χ2n) is 4.51. The predicted molar refractivity (Wildman–Crippen MR) is 74.6 cm³/mol. The summed E-state index contributed by atoms with van der Waals surface area (Å²) >= 11 is 6.15. The number of hydrogen-bond acceptors (Lipinski definition) is 3. The van der Waals surface area contributed by atoms with Gasteiger partial charge in [-0.15, -0.1) is 0 Å². The molecule has 2 aromatic carbocycles. The molecule has 0 bridgehead atoms. The zero-order valence-corrected chi connectivity index (χ0v) is 10.9. The van der Waals surface area contributed by atoms with Crippen molar-refractivity contribution < 1.29 is 9.53 Å². The smallest absolute Gasteiger partial charge is 0.170 e. The van der Waals surface area contributed by atoms with Crippen LogP contribution in [-0.2, 0) is 0 Å². The lowest BCUT2D eigenvalue weighted by atomic mass is 9.96. The van der Waals surface area contributed by atoms with Gasteiger partial charge in [-0.3, -0.25) is 4.79 Å². The Bertz CT molecular complexity index is 654. The van der Waals surface area contributed by atoms with Gasteiger partial charge in [-0.05, 0) is 18.2 Å². The fourth-order valence-corrected chi connectivity index (χ4v) is 2.51. The molecule has 0 saturated heterocycles. The Kier molecular flexibility index (Phi) is 2.91. The van der Waals surface area contributed by atoms with Crippen LogP contribution in [0.15, 0.2) is 42.5 Å². The summed E-state index contributed by atoms with van der Waals surface area (Å²) in [6.07, 6.45) is -0.0591. The van der Waals surface area contributed by atoms with E-state index >= 15 is 0 Å². The normalized spacial score (nSPS) is 17.7. The van der Waals surface area contributed by atoms with Gasteiger partial charge in [-0.2, -0.15) is 0 Å². The van der Waals surface area contributed by atoms with Gasteiger partial charge in [0, 0.05) is 22.3 Å². The van der Waals surface area contributed by atoms with E-state index in [1.165, 1.54) is 0 Å². The first-order chi connectivity index (χ1) is 9.15. The fraction of sp³-hybridized carbons (Fsp3) is 0.133. The molecule has 0 saturated carbocycles. The Hall–Kier alpha value is -2.00. The van der Waals surface area contributed by atoms with Gasteiger partial charge in [0.2, 0.25) is 0 Å². The lowest BCUT2D eigenvalue weighted by molar-refractivity contribution is 0.0850. The summed E-state index contributed by atoms with van der Waals surface area (Å²) in [5.74, 6) is 0.576. The summed E-state index contributed by atoms with van der Waals surface area (Å²) < 4.78 is 5.86. The summed E-state index contributed by atoms with van der Waals surface area (Å²) in [7, 11) is 0. The highest BCUT2D eigenvalue weighted by Gasteiger charge is 2.28. The number of carbonyl (C=O) groups is 1. The van der Waals surface area contributed by atoms with Gasteiger partial charge in [-0.1, -0.05) is 29.8 Å². The summed E-state index contributed by atoms with van der Waals surface area (Å²) in [4.78, 5) is 12.1. The average molecular weight is 274 g/mol.